The van der Waals surface area contributed by atoms with E-state index >= 15 is 0 Å². The largest absolute Gasteiger partial charge is 0.367 e. The molecule has 14 heavy (non-hydrogen) atoms. The topological polar surface area (TPSA) is 88.8 Å². The number of halogens is 1. The van der Waals surface area contributed by atoms with Gasteiger partial charge in [-0.1, -0.05) is 23.7 Å². The van der Waals surface area contributed by atoms with Crippen molar-refractivity contribution in [2.45, 2.75) is 0 Å². The van der Waals surface area contributed by atoms with Crippen LogP contribution in [0.3, 0.4) is 0 Å². The SMILES string of the molecule is N/N=C(/N)N/N=C/c1ccc(Cl)cc1. The van der Waals surface area contributed by atoms with E-state index in [1.54, 1.807) is 18.3 Å². The van der Waals surface area contributed by atoms with Crippen LogP contribution in [0.2, 0.25) is 5.02 Å². The fourth-order valence-electron chi connectivity index (χ4n) is 0.751. The summed E-state index contributed by atoms with van der Waals surface area (Å²) in [7, 11) is 0. The predicted molar refractivity (Wildman–Crippen MR) is 58.0 cm³/mol. The Labute approximate surface area is 86.4 Å². The van der Waals surface area contributed by atoms with Gasteiger partial charge in [0.1, 0.15) is 0 Å². The molecule has 1 aromatic carbocycles. The van der Waals surface area contributed by atoms with E-state index < -0.39 is 0 Å². The van der Waals surface area contributed by atoms with Gasteiger partial charge in [-0.25, -0.2) is 5.43 Å². The van der Waals surface area contributed by atoms with Gasteiger partial charge in [-0.15, -0.1) is 5.10 Å². The minimum absolute atomic E-state index is 0.0511. The van der Waals surface area contributed by atoms with Crippen LogP contribution >= 0.6 is 11.6 Å². The third kappa shape index (κ3) is 3.32. The average molecular weight is 212 g/mol. The summed E-state index contributed by atoms with van der Waals surface area (Å²) in [4.78, 5) is 0. The molecule has 0 aliphatic carbocycles. The van der Waals surface area contributed by atoms with Crippen LogP contribution in [-0.4, -0.2) is 12.2 Å². The Morgan fingerprint density at radius 1 is 1.36 bits per heavy atom. The van der Waals surface area contributed by atoms with Crippen molar-refractivity contribution in [2.24, 2.45) is 21.8 Å². The molecule has 6 heteroatoms. The molecule has 0 heterocycles. The first-order valence-corrected chi connectivity index (χ1v) is 4.18. The van der Waals surface area contributed by atoms with Gasteiger partial charge in [0.15, 0.2) is 0 Å². The molecule has 0 saturated heterocycles. The second kappa shape index (κ2) is 5.08. The molecule has 0 spiro atoms. The lowest BCUT2D eigenvalue weighted by atomic mass is 10.2. The van der Waals surface area contributed by atoms with Crippen molar-refractivity contribution in [3.63, 3.8) is 0 Å². The minimum Gasteiger partial charge on any atom is -0.367 e. The monoisotopic (exact) mass is 211 g/mol. The van der Waals surface area contributed by atoms with Gasteiger partial charge in [0.2, 0.25) is 5.96 Å². The third-order valence-electron chi connectivity index (χ3n) is 1.40. The van der Waals surface area contributed by atoms with Crippen LogP contribution in [0.15, 0.2) is 34.5 Å². The molecule has 74 valence electrons. The van der Waals surface area contributed by atoms with Gasteiger partial charge in [0.05, 0.1) is 6.21 Å². The van der Waals surface area contributed by atoms with Crippen molar-refractivity contribution in [3.05, 3.63) is 34.9 Å². The zero-order chi connectivity index (χ0) is 10.4. The lowest BCUT2D eigenvalue weighted by molar-refractivity contribution is 0.993. The summed E-state index contributed by atoms with van der Waals surface area (Å²) >= 11 is 5.70. The Kier molecular flexibility index (Phi) is 3.75. The molecule has 0 aromatic heterocycles. The second-order valence-electron chi connectivity index (χ2n) is 2.44. The zero-order valence-corrected chi connectivity index (χ0v) is 8.07. The van der Waals surface area contributed by atoms with Crippen LogP contribution in [0.4, 0.5) is 0 Å². The van der Waals surface area contributed by atoms with Crippen molar-refractivity contribution < 1.29 is 0 Å². The highest BCUT2D eigenvalue weighted by molar-refractivity contribution is 6.30. The molecule has 0 saturated carbocycles. The molecular weight excluding hydrogens is 202 g/mol. The van der Waals surface area contributed by atoms with Gasteiger partial charge in [-0.05, 0) is 17.7 Å². The summed E-state index contributed by atoms with van der Waals surface area (Å²) in [5, 5.41) is 7.65. The molecule has 0 radical (unpaired) electrons. The number of nitrogens with one attached hydrogen (secondary N) is 1. The Hall–Kier alpha value is -1.75. The van der Waals surface area contributed by atoms with Gasteiger partial charge < -0.3 is 11.6 Å². The van der Waals surface area contributed by atoms with E-state index in [4.69, 9.17) is 23.2 Å². The van der Waals surface area contributed by atoms with E-state index in [1.165, 1.54) is 0 Å². The van der Waals surface area contributed by atoms with Gasteiger partial charge in [0.25, 0.3) is 0 Å². The number of nitrogens with two attached hydrogens (primary N) is 2. The van der Waals surface area contributed by atoms with Crippen molar-refractivity contribution in [2.75, 3.05) is 0 Å². The van der Waals surface area contributed by atoms with Crippen LogP contribution in [0.5, 0.6) is 0 Å². The number of guanidine groups is 1. The van der Waals surface area contributed by atoms with E-state index in [9.17, 15) is 0 Å². The van der Waals surface area contributed by atoms with Gasteiger partial charge >= 0.3 is 0 Å². The molecule has 0 bridgehead atoms. The first-order valence-electron chi connectivity index (χ1n) is 3.80. The molecule has 0 aliphatic rings. The molecule has 0 atom stereocenters. The lowest BCUT2D eigenvalue weighted by Crippen LogP contribution is -2.28. The first kappa shape index (κ1) is 10.3. The third-order valence-corrected chi connectivity index (χ3v) is 1.65. The van der Waals surface area contributed by atoms with Crippen molar-refractivity contribution in [1.82, 2.24) is 5.43 Å². The normalized spacial score (nSPS) is 11.9. The Morgan fingerprint density at radius 2 is 2.00 bits per heavy atom. The van der Waals surface area contributed by atoms with Crippen LogP contribution in [0.1, 0.15) is 5.56 Å². The Morgan fingerprint density at radius 3 is 2.57 bits per heavy atom. The molecule has 5 N–H and O–H groups in total. The fourth-order valence-corrected chi connectivity index (χ4v) is 0.877. The maximum Gasteiger partial charge on any atom is 0.231 e. The molecule has 0 unspecified atom stereocenters. The quantitative estimate of drug-likeness (QED) is 0.287. The number of benzene rings is 1. The summed E-state index contributed by atoms with van der Waals surface area (Å²) in [5.74, 6) is 4.93. The highest BCUT2D eigenvalue weighted by Gasteiger charge is 1.88. The predicted octanol–water partition coefficient (Wildman–Crippen LogP) is 0.452. The smallest absolute Gasteiger partial charge is 0.231 e. The highest BCUT2D eigenvalue weighted by Crippen LogP contribution is 2.07. The number of nitrogens with zero attached hydrogens (tertiary/aromatic N) is 2. The van der Waals surface area contributed by atoms with Gasteiger partial charge in [-0.2, -0.15) is 5.10 Å². The number of rotatable bonds is 2. The standard InChI is InChI=1S/C8H10ClN5/c9-7-3-1-6(2-4-7)5-12-14-8(10)13-11/h1-5H,11H2,(H3,10,13,14)/b12-5+. The molecular formula is C8H10ClN5. The Bertz CT molecular complexity index is 343. The van der Waals surface area contributed by atoms with Crippen molar-refractivity contribution in [1.29, 1.82) is 0 Å². The Balaban J connectivity index is 2.56. The maximum atomic E-state index is 5.70. The van der Waals surface area contributed by atoms with Crippen LogP contribution in [0.25, 0.3) is 0 Å². The molecule has 0 aliphatic heterocycles. The fraction of sp³-hybridized carbons (Fsp3) is 0. The van der Waals surface area contributed by atoms with Crippen LogP contribution in [-0.2, 0) is 0 Å². The lowest BCUT2D eigenvalue weighted by Gasteiger charge is -1.96. The summed E-state index contributed by atoms with van der Waals surface area (Å²) in [6.45, 7) is 0. The number of hydrazone groups is 2. The van der Waals surface area contributed by atoms with Crippen molar-refractivity contribution >= 4 is 23.8 Å². The van der Waals surface area contributed by atoms with Crippen molar-refractivity contribution in [3.8, 4) is 0 Å². The van der Waals surface area contributed by atoms with E-state index in [-0.39, 0.29) is 5.96 Å². The molecule has 0 fully saturated rings. The summed E-state index contributed by atoms with van der Waals surface area (Å²) in [6.07, 6.45) is 1.58. The number of hydrogen-bond acceptors (Lipinski definition) is 3. The van der Waals surface area contributed by atoms with E-state index in [0.29, 0.717) is 5.02 Å². The van der Waals surface area contributed by atoms with Gasteiger partial charge in [-0.3, -0.25) is 0 Å². The highest BCUT2D eigenvalue weighted by atomic mass is 35.5. The van der Waals surface area contributed by atoms with E-state index in [2.05, 4.69) is 15.6 Å². The molecule has 5 nitrogen and oxygen atoms in total. The first-order chi connectivity index (χ1) is 6.72. The average Bonchev–Trinajstić information content (AvgIpc) is 2.21. The summed E-state index contributed by atoms with van der Waals surface area (Å²) in [6, 6.07) is 7.18. The maximum absolute atomic E-state index is 5.70. The van der Waals surface area contributed by atoms with Gasteiger partial charge in [0, 0.05) is 5.02 Å². The minimum atomic E-state index is 0.0511. The summed E-state index contributed by atoms with van der Waals surface area (Å²) in [5.41, 5.74) is 8.57. The molecule has 0 amide bonds. The zero-order valence-electron chi connectivity index (χ0n) is 7.31. The second-order valence-corrected chi connectivity index (χ2v) is 2.87. The number of hydrogen-bond donors (Lipinski definition) is 3. The molecule has 1 rings (SSSR count). The molecule has 1 aromatic rings. The van der Waals surface area contributed by atoms with E-state index in [1.807, 2.05) is 12.1 Å². The summed E-state index contributed by atoms with van der Waals surface area (Å²) < 4.78 is 0. The van der Waals surface area contributed by atoms with E-state index in [0.717, 1.165) is 5.56 Å². The van der Waals surface area contributed by atoms with Crippen LogP contribution in [0, 0.1) is 0 Å². The van der Waals surface area contributed by atoms with Crippen LogP contribution < -0.4 is 17.0 Å².